The summed E-state index contributed by atoms with van der Waals surface area (Å²) in [5, 5.41) is 6.48. The molecular weight excluding hydrogens is 324 g/mol. The first kappa shape index (κ1) is 18.1. The van der Waals surface area contributed by atoms with Gasteiger partial charge in [0.05, 0.1) is 5.56 Å². The monoisotopic (exact) mass is 342 g/mol. The van der Waals surface area contributed by atoms with Crippen LogP contribution in [0.3, 0.4) is 0 Å². The SMILES string of the molecule is CC(C)(C)Oc1ccccc1C(=O)N=NOC(=O)Oc1ccccc1. The van der Waals surface area contributed by atoms with Gasteiger partial charge in [-0.25, -0.2) is 4.79 Å². The van der Waals surface area contributed by atoms with Gasteiger partial charge in [-0.2, -0.15) is 0 Å². The molecule has 1 amide bonds. The number of carbonyl (C=O) groups excluding carboxylic acids is 2. The van der Waals surface area contributed by atoms with E-state index in [9.17, 15) is 9.59 Å². The number of carbonyl (C=O) groups is 2. The maximum Gasteiger partial charge on any atom is 0.542 e. The molecule has 7 heteroatoms. The van der Waals surface area contributed by atoms with Gasteiger partial charge in [0.15, 0.2) is 0 Å². The molecule has 2 rings (SSSR count). The highest BCUT2D eigenvalue weighted by atomic mass is 16.8. The number of benzene rings is 2. The highest BCUT2D eigenvalue weighted by Gasteiger charge is 2.18. The first-order chi connectivity index (χ1) is 11.8. The maximum atomic E-state index is 12.1. The van der Waals surface area contributed by atoms with E-state index in [1.165, 1.54) is 0 Å². The molecule has 0 aliphatic carbocycles. The zero-order valence-corrected chi connectivity index (χ0v) is 14.1. The van der Waals surface area contributed by atoms with E-state index in [1.54, 1.807) is 54.6 Å². The van der Waals surface area contributed by atoms with Crippen molar-refractivity contribution in [2.24, 2.45) is 10.4 Å². The standard InChI is InChI=1S/C18H18N2O5/c1-18(2,3)24-15-12-8-7-11-14(15)16(21)19-20-25-17(22)23-13-9-5-4-6-10-13/h4-12H,1-3H3. The van der Waals surface area contributed by atoms with Crippen molar-refractivity contribution in [3.63, 3.8) is 0 Å². The predicted octanol–water partition coefficient (Wildman–Crippen LogP) is 4.59. The van der Waals surface area contributed by atoms with Crippen molar-refractivity contribution in [3.8, 4) is 11.5 Å². The van der Waals surface area contributed by atoms with Gasteiger partial charge < -0.3 is 9.47 Å². The van der Waals surface area contributed by atoms with Crippen molar-refractivity contribution in [2.75, 3.05) is 0 Å². The average molecular weight is 342 g/mol. The highest BCUT2D eigenvalue weighted by molar-refractivity contribution is 5.97. The van der Waals surface area contributed by atoms with Crippen LogP contribution in [-0.2, 0) is 4.84 Å². The Morgan fingerprint density at radius 1 is 0.920 bits per heavy atom. The van der Waals surface area contributed by atoms with Crippen LogP contribution in [0.4, 0.5) is 4.79 Å². The molecule has 0 spiro atoms. The van der Waals surface area contributed by atoms with Gasteiger partial charge in [-0.1, -0.05) is 35.4 Å². The van der Waals surface area contributed by atoms with Gasteiger partial charge in [-0.05, 0) is 45.0 Å². The van der Waals surface area contributed by atoms with Crippen LogP contribution in [-0.4, -0.2) is 17.7 Å². The third-order valence-corrected chi connectivity index (χ3v) is 2.73. The Bertz CT molecular complexity index is 767. The smallest absolute Gasteiger partial charge is 0.487 e. The summed E-state index contributed by atoms with van der Waals surface area (Å²) < 4.78 is 10.5. The lowest BCUT2D eigenvalue weighted by atomic mass is 10.1. The van der Waals surface area contributed by atoms with Crippen molar-refractivity contribution in [1.29, 1.82) is 0 Å². The van der Waals surface area contributed by atoms with Gasteiger partial charge in [0.25, 0.3) is 0 Å². The zero-order chi connectivity index (χ0) is 18.3. The van der Waals surface area contributed by atoms with Crippen LogP contribution >= 0.6 is 0 Å². The van der Waals surface area contributed by atoms with Gasteiger partial charge >= 0.3 is 12.1 Å². The van der Waals surface area contributed by atoms with Gasteiger partial charge in [0.2, 0.25) is 0 Å². The topological polar surface area (TPSA) is 86.5 Å². The van der Waals surface area contributed by atoms with E-state index in [2.05, 4.69) is 15.2 Å². The number of ether oxygens (including phenoxy) is 2. The first-order valence-corrected chi connectivity index (χ1v) is 7.52. The Balaban J connectivity index is 1.97. The van der Waals surface area contributed by atoms with Crippen molar-refractivity contribution in [2.45, 2.75) is 26.4 Å². The number of hydrogen-bond acceptors (Lipinski definition) is 6. The number of para-hydroxylation sites is 2. The summed E-state index contributed by atoms with van der Waals surface area (Å²) in [6.45, 7) is 5.58. The lowest BCUT2D eigenvalue weighted by Crippen LogP contribution is -2.24. The second-order valence-corrected chi connectivity index (χ2v) is 5.95. The van der Waals surface area contributed by atoms with Gasteiger partial charge in [0.1, 0.15) is 17.1 Å². The molecular formula is C18H18N2O5. The van der Waals surface area contributed by atoms with Crippen LogP contribution in [0, 0.1) is 0 Å². The molecule has 0 saturated carbocycles. The second-order valence-electron chi connectivity index (χ2n) is 5.95. The van der Waals surface area contributed by atoms with Crippen LogP contribution in [0.1, 0.15) is 31.1 Å². The van der Waals surface area contributed by atoms with Crippen molar-refractivity contribution in [3.05, 3.63) is 60.2 Å². The van der Waals surface area contributed by atoms with Crippen molar-refractivity contribution < 1.29 is 23.9 Å². The maximum absolute atomic E-state index is 12.1. The van der Waals surface area contributed by atoms with Crippen LogP contribution < -0.4 is 9.47 Å². The number of amides is 1. The molecule has 25 heavy (non-hydrogen) atoms. The fourth-order valence-electron chi connectivity index (χ4n) is 1.81. The quantitative estimate of drug-likeness (QED) is 0.351. The van der Waals surface area contributed by atoms with E-state index < -0.39 is 17.7 Å². The number of rotatable bonds is 4. The normalized spacial score (nSPS) is 11.2. The highest BCUT2D eigenvalue weighted by Crippen LogP contribution is 2.23. The molecule has 130 valence electrons. The summed E-state index contributed by atoms with van der Waals surface area (Å²) in [4.78, 5) is 28.0. The molecule has 0 unspecified atom stereocenters. The van der Waals surface area contributed by atoms with Gasteiger partial charge in [0, 0.05) is 5.28 Å². The number of hydrogen-bond donors (Lipinski definition) is 0. The lowest BCUT2D eigenvalue weighted by Gasteiger charge is -2.22. The summed E-state index contributed by atoms with van der Waals surface area (Å²) in [7, 11) is 0. The van der Waals surface area contributed by atoms with Gasteiger partial charge in [-0.15, -0.1) is 0 Å². The average Bonchev–Trinajstić information content (AvgIpc) is 2.54. The fraction of sp³-hybridized carbons (Fsp3) is 0.222. The molecule has 0 radical (unpaired) electrons. The van der Waals surface area contributed by atoms with E-state index in [0.29, 0.717) is 5.75 Å². The third-order valence-electron chi connectivity index (χ3n) is 2.73. The van der Waals surface area contributed by atoms with Gasteiger partial charge in [-0.3, -0.25) is 9.63 Å². The molecule has 7 nitrogen and oxygen atoms in total. The molecule has 0 saturated heterocycles. The first-order valence-electron chi connectivity index (χ1n) is 7.52. The lowest BCUT2D eigenvalue weighted by molar-refractivity contribution is 0.0846. The minimum absolute atomic E-state index is 0.209. The van der Waals surface area contributed by atoms with Crippen molar-refractivity contribution >= 4 is 12.1 Å². The Morgan fingerprint density at radius 3 is 2.24 bits per heavy atom. The summed E-state index contributed by atoms with van der Waals surface area (Å²) in [5.74, 6) is -0.0453. The zero-order valence-electron chi connectivity index (χ0n) is 14.1. The summed E-state index contributed by atoms with van der Waals surface area (Å²) >= 11 is 0. The molecule has 0 bridgehead atoms. The van der Waals surface area contributed by atoms with Crippen LogP contribution in [0.2, 0.25) is 0 Å². The molecule has 2 aromatic rings. The molecule has 0 aliphatic rings. The van der Waals surface area contributed by atoms with E-state index in [1.807, 2.05) is 20.8 Å². The largest absolute Gasteiger partial charge is 0.542 e. The Kier molecular flexibility index (Phi) is 5.84. The predicted molar refractivity (Wildman–Crippen MR) is 89.6 cm³/mol. The molecule has 0 aliphatic heterocycles. The second kappa shape index (κ2) is 8.05. The van der Waals surface area contributed by atoms with Crippen LogP contribution in [0.5, 0.6) is 11.5 Å². The van der Waals surface area contributed by atoms with Crippen LogP contribution in [0.25, 0.3) is 0 Å². The molecule has 0 fully saturated rings. The summed E-state index contributed by atoms with van der Waals surface area (Å²) in [5.41, 5.74) is -0.273. The minimum Gasteiger partial charge on any atom is -0.487 e. The van der Waals surface area contributed by atoms with Crippen molar-refractivity contribution in [1.82, 2.24) is 0 Å². The summed E-state index contributed by atoms with van der Waals surface area (Å²) in [6.07, 6.45) is -1.10. The summed E-state index contributed by atoms with van der Waals surface area (Å²) in [6, 6.07) is 14.9. The molecule has 0 atom stereocenters. The Morgan fingerprint density at radius 2 is 1.56 bits per heavy atom. The fourth-order valence-corrected chi connectivity index (χ4v) is 1.81. The van der Waals surface area contributed by atoms with E-state index in [4.69, 9.17) is 9.47 Å². The number of nitrogens with zero attached hydrogens (tertiary/aromatic N) is 2. The molecule has 0 N–H and O–H groups in total. The van der Waals surface area contributed by atoms with Crippen LogP contribution in [0.15, 0.2) is 65.0 Å². The van der Waals surface area contributed by atoms with E-state index >= 15 is 0 Å². The molecule has 0 aromatic heterocycles. The van der Waals surface area contributed by atoms with E-state index in [0.717, 1.165) is 0 Å². The Labute approximate surface area is 145 Å². The molecule has 2 aromatic carbocycles. The van der Waals surface area contributed by atoms with E-state index in [-0.39, 0.29) is 11.3 Å². The Hall–Kier alpha value is -3.22. The minimum atomic E-state index is -1.10. The molecule has 0 heterocycles. The third kappa shape index (κ3) is 6.06.